The molecule has 6 fully saturated rings. The van der Waals surface area contributed by atoms with Crippen LogP contribution in [0.15, 0.2) is 18.2 Å². The molecule has 4 heterocycles. The van der Waals surface area contributed by atoms with Gasteiger partial charge in [-0.3, -0.25) is 57.5 Å². The summed E-state index contributed by atoms with van der Waals surface area (Å²) in [5, 5.41) is 8.68. The van der Waals surface area contributed by atoms with E-state index in [0.29, 0.717) is 70.2 Å². The molecule has 0 aromatic heterocycles. The summed E-state index contributed by atoms with van der Waals surface area (Å²) in [6, 6.07) is -8.86. The largest absolute Gasteiger partial charge is 0.419 e. The topological polar surface area (TPSA) is 270 Å². The molecule has 1 spiro atoms. The number of hydrogen-bond acceptors (Lipinski definition) is 12. The molecule has 101 heavy (non-hydrogen) atoms. The van der Waals surface area contributed by atoms with Gasteiger partial charge in [-0.1, -0.05) is 105 Å². The number of nitrogens with one attached hydrogen (secondary N) is 3. The van der Waals surface area contributed by atoms with Crippen LogP contribution in [-0.4, -0.2) is 250 Å². The lowest BCUT2D eigenvalue weighted by atomic mass is 9.84. The van der Waals surface area contributed by atoms with Gasteiger partial charge in [0, 0.05) is 68.5 Å². The monoisotopic (exact) mass is 1420 g/mol. The van der Waals surface area contributed by atoms with Crippen molar-refractivity contribution in [3.8, 4) is 0 Å². The molecule has 2 saturated carbocycles. The summed E-state index contributed by atoms with van der Waals surface area (Å²) >= 11 is 0. The molecule has 4 saturated heterocycles. The van der Waals surface area contributed by atoms with Gasteiger partial charge in [0.2, 0.25) is 70.9 Å². The Bertz CT molecular complexity index is 3170. The highest BCUT2D eigenvalue weighted by Crippen LogP contribution is 2.37. The van der Waals surface area contributed by atoms with Crippen molar-refractivity contribution in [1.82, 2.24) is 60.0 Å². The molecule has 24 nitrogen and oxygen atoms in total. The lowest BCUT2D eigenvalue weighted by molar-refractivity contribution is -0.160. The third kappa shape index (κ3) is 19.1. The normalized spacial score (nSPS) is 27.9. The third-order valence-corrected chi connectivity index (χ3v) is 22.7. The minimum absolute atomic E-state index is 0.00474. The van der Waals surface area contributed by atoms with E-state index < -0.39 is 173 Å². The zero-order valence-corrected chi connectivity index (χ0v) is 61.8. The van der Waals surface area contributed by atoms with Crippen LogP contribution in [0.3, 0.4) is 0 Å². The summed E-state index contributed by atoms with van der Waals surface area (Å²) in [5.41, 5.74) is -3.05. The van der Waals surface area contributed by atoms with Crippen molar-refractivity contribution in [2.24, 2.45) is 23.7 Å². The molecule has 11 atom stereocenters. The molecule has 12 amide bonds. The smallest absolute Gasteiger partial charge is 0.343 e. The molecular formula is C73H112F4N12O12. The Hall–Kier alpha value is -7.42. The lowest BCUT2D eigenvalue weighted by Gasteiger charge is -2.45. The van der Waals surface area contributed by atoms with Crippen molar-refractivity contribution in [3.63, 3.8) is 0 Å². The molecule has 6 aliphatic rings. The number of carbonyl (C=O) groups is 12. The van der Waals surface area contributed by atoms with Crippen molar-refractivity contribution < 1.29 is 75.1 Å². The van der Waals surface area contributed by atoms with E-state index in [9.17, 15) is 41.9 Å². The molecule has 28 heteroatoms. The first-order valence-electron chi connectivity index (χ1n) is 36.8. The zero-order valence-electron chi connectivity index (χ0n) is 61.8. The Kier molecular flexibility index (Phi) is 28.2. The van der Waals surface area contributed by atoms with E-state index in [1.807, 2.05) is 27.7 Å². The summed E-state index contributed by atoms with van der Waals surface area (Å²) in [5.74, 6) is -10.7. The van der Waals surface area contributed by atoms with Gasteiger partial charge >= 0.3 is 6.18 Å². The highest BCUT2D eigenvalue weighted by molar-refractivity contribution is 6.01. The second-order valence-electron chi connectivity index (χ2n) is 30.1. The number of carbonyl (C=O) groups excluding carboxylic acids is 12. The van der Waals surface area contributed by atoms with Crippen LogP contribution in [0.4, 0.5) is 17.6 Å². The molecule has 0 bridgehead atoms. The molecule has 2 aliphatic carbocycles. The maximum atomic E-state index is 15.6. The van der Waals surface area contributed by atoms with Gasteiger partial charge < -0.3 is 60.0 Å². The molecule has 0 radical (unpaired) electrons. The van der Waals surface area contributed by atoms with E-state index in [2.05, 4.69) is 16.0 Å². The van der Waals surface area contributed by atoms with Crippen LogP contribution in [0.25, 0.3) is 0 Å². The predicted molar refractivity (Wildman–Crippen MR) is 368 cm³/mol. The minimum atomic E-state index is -5.00. The number of halogens is 4. The number of alkyl halides is 3. The Morgan fingerprint density at radius 2 is 1.24 bits per heavy atom. The van der Waals surface area contributed by atoms with E-state index in [-0.39, 0.29) is 81.9 Å². The number of likely N-dealkylation sites (N-methyl/N-ethyl adjacent to an activating group) is 6. The van der Waals surface area contributed by atoms with Crippen LogP contribution in [0.2, 0.25) is 0 Å². The van der Waals surface area contributed by atoms with Crippen molar-refractivity contribution >= 4 is 70.9 Å². The Morgan fingerprint density at radius 1 is 0.614 bits per heavy atom. The van der Waals surface area contributed by atoms with E-state index in [1.54, 1.807) is 18.7 Å². The van der Waals surface area contributed by atoms with Crippen molar-refractivity contribution in [2.45, 2.75) is 256 Å². The van der Waals surface area contributed by atoms with Gasteiger partial charge in [-0.2, -0.15) is 13.2 Å². The number of hydrogen-bond donors (Lipinski definition) is 3. The third-order valence-electron chi connectivity index (χ3n) is 22.7. The highest BCUT2D eigenvalue weighted by Gasteiger charge is 2.52. The summed E-state index contributed by atoms with van der Waals surface area (Å²) in [7, 11) is 8.56. The number of fused-ring (bicyclic) bond motifs is 2. The summed E-state index contributed by atoms with van der Waals surface area (Å²) in [4.78, 5) is 192. The van der Waals surface area contributed by atoms with Gasteiger partial charge in [0.05, 0.1) is 18.5 Å². The zero-order chi connectivity index (χ0) is 74.7. The molecule has 7 rings (SSSR count). The van der Waals surface area contributed by atoms with Gasteiger partial charge in [0.1, 0.15) is 65.7 Å². The lowest BCUT2D eigenvalue weighted by Crippen LogP contribution is -2.65. The number of amides is 12. The molecule has 4 aliphatic heterocycles. The highest BCUT2D eigenvalue weighted by atomic mass is 19.4. The number of aryl methyl sites for hydroxylation is 1. The van der Waals surface area contributed by atoms with Crippen LogP contribution in [-0.2, 0) is 70.1 Å². The SMILES string of the molecule is CC[C@H](C)[C@@H]1NC(=O)[C@H](CC(C)C)N(C)C(=O)C[C@@H](C(=O)N2CCCCC2)N(C)C(=O)[C@H]([C@@H](C)CC)N(C)C(=O)C2(CCCC2)NC(=O)[C@@H]2CCCN2C(=O)[C@H](CCc2ccc(C(F)(F)F)c(F)c2)NC(=O)CN(C)C(=O)[C@H](CC2CCCCC2)N(C)C(=O)[C@@H]2CCN2C(=O)[C@H](C)N(C)C1=O. The van der Waals surface area contributed by atoms with Crippen LogP contribution in [0.1, 0.15) is 194 Å². The average molecular weight is 1430 g/mol. The van der Waals surface area contributed by atoms with Crippen molar-refractivity contribution in [1.29, 1.82) is 0 Å². The van der Waals surface area contributed by atoms with Crippen LogP contribution in [0, 0.1) is 29.5 Å². The summed E-state index contributed by atoms with van der Waals surface area (Å²) in [6.07, 6.45) is 3.35. The number of nitrogens with zero attached hydrogens (tertiary/aromatic N) is 9. The summed E-state index contributed by atoms with van der Waals surface area (Å²) < 4.78 is 56.3. The molecule has 0 unspecified atom stereocenters. The predicted octanol–water partition coefficient (Wildman–Crippen LogP) is 5.91. The first kappa shape index (κ1) is 80.9. The Morgan fingerprint density at radius 3 is 1.82 bits per heavy atom. The van der Waals surface area contributed by atoms with Gasteiger partial charge in [-0.15, -0.1) is 0 Å². The molecular weight excluding hydrogens is 1310 g/mol. The number of piperidine rings is 1. The minimum Gasteiger partial charge on any atom is -0.343 e. The molecule has 564 valence electrons. The first-order chi connectivity index (χ1) is 47.6. The van der Waals surface area contributed by atoms with Crippen molar-refractivity contribution in [3.05, 3.63) is 35.1 Å². The fraction of sp³-hybridized carbons (Fsp3) is 0.753. The maximum Gasteiger partial charge on any atom is 0.419 e. The van der Waals surface area contributed by atoms with E-state index in [4.69, 9.17) is 0 Å². The first-order valence-corrected chi connectivity index (χ1v) is 36.8. The standard InChI is InChI=1S/C73H112F4N12O12/c1-14-45(5)60-69(99)82(9)47(7)64(94)89-38-32-54(89)67(97)84(11)56(41-48-25-18-16-19-26-48)66(96)81(8)43-58(90)78-52(31-29-49-28-30-50(51(74)40-49)73(75,76)77)65(95)88-37-24-27-53(88)63(93)80-72(33-20-21-34-72)71(101)86(13)61(46(6)15-2)70(100)85(12)57(68(98)87-35-22-17-23-36-87)42-59(91)83(10)55(39-44(3)4)62(92)79-60/h28,30,40,44-48,52-57,60-61H,14-27,29,31-39,41-43H2,1-13H3,(H,78,90)(H,79,92)(H,80,93)/t45-,46-,47-,52-,53-,54-,55-,56-,57-,60-,61-/m0/s1. The van der Waals surface area contributed by atoms with Gasteiger partial charge in [0.25, 0.3) is 0 Å². The fourth-order valence-electron chi connectivity index (χ4n) is 15.6. The second-order valence-corrected chi connectivity index (χ2v) is 30.1. The molecule has 1 aromatic carbocycles. The number of benzene rings is 1. The molecule has 3 N–H and O–H groups in total. The van der Waals surface area contributed by atoms with Crippen LogP contribution in [0.5, 0.6) is 0 Å². The quantitative estimate of drug-likeness (QED) is 0.206. The van der Waals surface area contributed by atoms with Crippen molar-refractivity contribution in [2.75, 3.05) is 75.0 Å². The van der Waals surface area contributed by atoms with Gasteiger partial charge in [0.15, 0.2) is 0 Å². The summed E-state index contributed by atoms with van der Waals surface area (Å²) in [6.45, 7) is 12.7. The Balaban J connectivity index is 1.29. The Labute approximate surface area is 593 Å². The average Bonchev–Trinajstić information content (AvgIpc) is 1.52. The van der Waals surface area contributed by atoms with E-state index in [1.165, 1.54) is 83.5 Å². The molecule has 1 aromatic rings. The van der Waals surface area contributed by atoms with E-state index in [0.717, 1.165) is 49.5 Å². The second kappa shape index (κ2) is 35.2. The van der Waals surface area contributed by atoms with Crippen LogP contribution >= 0.6 is 0 Å². The van der Waals surface area contributed by atoms with Crippen LogP contribution < -0.4 is 16.0 Å². The van der Waals surface area contributed by atoms with Gasteiger partial charge in [-0.25, -0.2) is 4.39 Å². The number of rotatable bonds is 12. The maximum absolute atomic E-state index is 15.6. The number of likely N-dealkylation sites (tertiary alicyclic amines) is 1. The fourth-order valence-corrected chi connectivity index (χ4v) is 15.6. The van der Waals surface area contributed by atoms with Gasteiger partial charge in [-0.05, 0) is 125 Å². The van der Waals surface area contributed by atoms with E-state index >= 15 is 33.2 Å².